The van der Waals surface area contributed by atoms with Crippen molar-refractivity contribution < 1.29 is 16.3 Å². The molecule has 0 amide bonds. The van der Waals surface area contributed by atoms with Gasteiger partial charge in [0.15, 0.2) is 0 Å². The van der Waals surface area contributed by atoms with Crippen LogP contribution in [0.15, 0.2) is 24.2 Å². The molecule has 0 heterocycles. The van der Waals surface area contributed by atoms with Gasteiger partial charge in [0.2, 0.25) is 0 Å². The highest BCUT2D eigenvalue weighted by Crippen LogP contribution is 2.06. The predicted molar refractivity (Wildman–Crippen MR) is 42.9 cm³/mol. The third-order valence-electron chi connectivity index (χ3n) is 1.28. The molecule has 0 aliphatic rings. The van der Waals surface area contributed by atoms with Crippen molar-refractivity contribution >= 4 is 18.3 Å². The largest absolute Gasteiger partial charge is 0.488 e. The maximum Gasteiger partial charge on any atom is 0.488 e. The molecule has 0 radical (unpaired) electrons. The summed E-state index contributed by atoms with van der Waals surface area (Å²) in [6.07, 6.45) is 0. The number of benzene rings is 1. The Morgan fingerprint density at radius 3 is 2.75 bits per heavy atom. The molecule has 0 fully saturated rings. The fraction of sp³-hybridized carbons (Fsp3) is 0. The van der Waals surface area contributed by atoms with E-state index in [1.165, 1.54) is 12.1 Å². The van der Waals surface area contributed by atoms with Crippen LogP contribution >= 0.6 is 0 Å². The summed E-state index contributed by atoms with van der Waals surface area (Å²) in [6, 6.07) is 3.21. The van der Waals surface area contributed by atoms with Crippen molar-refractivity contribution in [3.63, 3.8) is 0 Å². The molecule has 0 saturated carbocycles. The molecular weight excluding hydrogens is 161 g/mol. The van der Waals surface area contributed by atoms with Gasteiger partial charge in [-0.05, 0) is 5.46 Å². The highest BCUT2D eigenvalue weighted by Gasteiger charge is 2.14. The van der Waals surface area contributed by atoms with Crippen LogP contribution < -0.4 is 5.46 Å². The second-order valence-electron chi connectivity index (χ2n) is 2.12. The molecule has 5 nitrogen and oxygen atoms in total. The molecule has 1 rings (SSSR count). The van der Waals surface area contributed by atoms with Crippen molar-refractivity contribution in [3.8, 4) is 0 Å². The average molecular weight is 168 g/mol. The van der Waals surface area contributed by atoms with E-state index in [2.05, 4.69) is 0 Å². The van der Waals surface area contributed by atoms with Crippen LogP contribution in [0.3, 0.4) is 0 Å². The summed E-state index contributed by atoms with van der Waals surface area (Å²) in [4.78, 5) is 9.58. The Labute approximate surface area is 70.0 Å². The highest BCUT2D eigenvalue weighted by atomic mass is 16.6. The third kappa shape index (κ3) is 1.80. The van der Waals surface area contributed by atoms with E-state index in [0.29, 0.717) is 0 Å². The number of nitro groups is 1. The Kier molecular flexibility index (Phi) is 2.02. The minimum absolute atomic E-state index is 0.172. The lowest BCUT2D eigenvalue weighted by Crippen LogP contribution is -2.29. The van der Waals surface area contributed by atoms with E-state index in [4.69, 9.17) is 11.4 Å². The Morgan fingerprint density at radius 2 is 2.25 bits per heavy atom. The van der Waals surface area contributed by atoms with Gasteiger partial charge < -0.3 is 10.0 Å². The van der Waals surface area contributed by atoms with Gasteiger partial charge in [-0.15, -0.1) is 0 Å². The van der Waals surface area contributed by atoms with Gasteiger partial charge in [-0.2, -0.15) is 0 Å². The second-order valence-corrected chi connectivity index (χ2v) is 2.12. The Morgan fingerprint density at radius 1 is 1.58 bits per heavy atom. The normalized spacial score (nSPS) is 10.7. The van der Waals surface area contributed by atoms with Crippen LogP contribution in [0.4, 0.5) is 5.69 Å². The molecule has 2 N–H and O–H groups in total. The van der Waals surface area contributed by atoms with E-state index < -0.39 is 23.8 Å². The molecule has 1 aromatic rings. The topological polar surface area (TPSA) is 83.6 Å². The molecule has 0 aliphatic carbocycles. The number of nitrogens with zero attached hydrogens (tertiary/aromatic N) is 1. The molecule has 12 heavy (non-hydrogen) atoms. The molecule has 0 bridgehead atoms. The van der Waals surface area contributed by atoms with Gasteiger partial charge in [-0.3, -0.25) is 10.1 Å². The molecule has 0 aromatic heterocycles. The lowest BCUT2D eigenvalue weighted by atomic mass is 9.80. The third-order valence-corrected chi connectivity index (χ3v) is 1.28. The Hall–Kier alpha value is -1.40. The lowest BCUT2D eigenvalue weighted by molar-refractivity contribution is -0.384. The molecular formula is C6H6BNO4. The fourth-order valence-electron chi connectivity index (χ4n) is 0.731. The van der Waals surface area contributed by atoms with E-state index in [9.17, 15) is 10.1 Å². The zero-order valence-electron chi connectivity index (χ0n) is 6.97. The maximum atomic E-state index is 10.3. The molecule has 0 saturated heterocycles. The van der Waals surface area contributed by atoms with Gasteiger partial charge in [0.05, 0.1) is 6.29 Å². The van der Waals surface area contributed by atoms with Gasteiger partial charge in [0.25, 0.3) is 5.69 Å². The van der Waals surface area contributed by atoms with E-state index in [1.54, 1.807) is 0 Å². The molecule has 0 unspecified atom stereocenters. The summed E-state index contributed by atoms with van der Waals surface area (Å²) in [5.41, 5.74) is -0.611. The Balaban J connectivity index is 3.26. The monoisotopic (exact) mass is 168 g/mol. The first kappa shape index (κ1) is 7.26. The summed E-state index contributed by atoms with van der Waals surface area (Å²) in [6.45, 7) is 0. The first-order valence-corrected chi connectivity index (χ1v) is 3.14. The van der Waals surface area contributed by atoms with Crippen LogP contribution in [-0.4, -0.2) is 22.1 Å². The standard InChI is InChI=1S/C6H6BNO4/c9-7(10)5-2-1-3-6(4-5)8(11)12/h1-4,9-10H/i4D. The number of hydrogen-bond acceptors (Lipinski definition) is 4. The van der Waals surface area contributed by atoms with E-state index in [-0.39, 0.29) is 5.46 Å². The van der Waals surface area contributed by atoms with Gasteiger partial charge in [-0.25, -0.2) is 0 Å². The molecule has 0 aliphatic heterocycles. The minimum Gasteiger partial charge on any atom is -0.423 e. The van der Waals surface area contributed by atoms with Crippen LogP contribution in [-0.2, 0) is 0 Å². The first-order valence-electron chi connectivity index (χ1n) is 3.64. The summed E-state index contributed by atoms with van der Waals surface area (Å²) >= 11 is 0. The molecule has 62 valence electrons. The molecule has 6 heteroatoms. The lowest BCUT2D eigenvalue weighted by Gasteiger charge is -1.97. The zero-order chi connectivity index (χ0) is 10.0. The van der Waals surface area contributed by atoms with Gasteiger partial charge in [0.1, 0.15) is 0 Å². The van der Waals surface area contributed by atoms with E-state index in [1.807, 2.05) is 0 Å². The smallest absolute Gasteiger partial charge is 0.423 e. The summed E-state index contributed by atoms with van der Waals surface area (Å²) in [5.74, 6) is 0. The SMILES string of the molecule is [2H]c1c(B(O)O)cccc1[N+](=O)[O-]. The van der Waals surface area contributed by atoms with Crippen LogP contribution in [0.5, 0.6) is 0 Å². The zero-order valence-corrected chi connectivity index (χ0v) is 5.97. The van der Waals surface area contributed by atoms with Crippen molar-refractivity contribution in [3.05, 3.63) is 34.4 Å². The van der Waals surface area contributed by atoms with Crippen molar-refractivity contribution in [1.82, 2.24) is 0 Å². The fourth-order valence-corrected chi connectivity index (χ4v) is 0.731. The van der Waals surface area contributed by atoms with Crippen molar-refractivity contribution in [2.24, 2.45) is 0 Å². The highest BCUT2D eigenvalue weighted by molar-refractivity contribution is 6.58. The summed E-state index contributed by atoms with van der Waals surface area (Å²) < 4.78 is 7.25. The van der Waals surface area contributed by atoms with Crippen LogP contribution in [0.1, 0.15) is 1.37 Å². The van der Waals surface area contributed by atoms with E-state index in [0.717, 1.165) is 6.07 Å². The van der Waals surface area contributed by atoms with E-state index >= 15 is 0 Å². The van der Waals surface area contributed by atoms with Crippen molar-refractivity contribution in [2.75, 3.05) is 0 Å². The minimum atomic E-state index is -1.85. The van der Waals surface area contributed by atoms with Crippen molar-refractivity contribution in [2.45, 2.75) is 0 Å². The van der Waals surface area contributed by atoms with Gasteiger partial charge in [0, 0.05) is 12.1 Å². The van der Waals surface area contributed by atoms with Gasteiger partial charge in [-0.1, -0.05) is 12.1 Å². The molecule has 1 aromatic carbocycles. The molecule has 0 atom stereocenters. The van der Waals surface area contributed by atoms with Crippen LogP contribution in [0.2, 0.25) is 0 Å². The van der Waals surface area contributed by atoms with Crippen LogP contribution in [0.25, 0.3) is 0 Å². The van der Waals surface area contributed by atoms with Gasteiger partial charge >= 0.3 is 7.12 Å². The quantitative estimate of drug-likeness (QED) is 0.346. The number of nitro benzene ring substituents is 1. The Bertz CT molecular complexity index is 343. The second kappa shape index (κ2) is 3.33. The maximum absolute atomic E-state index is 10.3. The average Bonchev–Trinajstić information content (AvgIpc) is 2.03. The number of rotatable bonds is 2. The van der Waals surface area contributed by atoms with Crippen molar-refractivity contribution in [1.29, 1.82) is 0 Å². The number of hydrogen-bond donors (Lipinski definition) is 2. The predicted octanol–water partition coefficient (Wildman–Crippen LogP) is -0.725. The summed E-state index contributed by atoms with van der Waals surface area (Å²) in [7, 11) is -1.85. The van der Waals surface area contributed by atoms with Crippen LogP contribution in [0, 0.1) is 10.1 Å². The molecule has 0 spiro atoms. The first-order chi connectivity index (χ1) is 6.04. The summed E-state index contributed by atoms with van der Waals surface area (Å²) in [5, 5.41) is 27.8.